The number of aromatic nitrogens is 2. The highest BCUT2D eigenvalue weighted by atomic mass is 32.2. The molecule has 1 aromatic rings. The van der Waals surface area contributed by atoms with Crippen molar-refractivity contribution in [1.82, 2.24) is 9.97 Å². The van der Waals surface area contributed by atoms with Gasteiger partial charge in [0.15, 0.2) is 0 Å². The van der Waals surface area contributed by atoms with Gasteiger partial charge in [-0.3, -0.25) is 0 Å². The molecule has 7 heteroatoms. The van der Waals surface area contributed by atoms with Gasteiger partial charge in [0.05, 0.1) is 7.11 Å². The Bertz CT molecular complexity index is 200. The molecule has 0 fully saturated rings. The van der Waals surface area contributed by atoms with E-state index in [0.29, 0.717) is 6.01 Å². The van der Waals surface area contributed by atoms with E-state index in [0.717, 1.165) is 0 Å². The van der Waals surface area contributed by atoms with E-state index in [1.165, 1.54) is 0 Å². The molecule has 0 bridgehead atoms. The maximum Gasteiger partial charge on any atom is 0.385 e. The number of halogens is 2. The zero-order valence-corrected chi connectivity index (χ0v) is 6.40. The molecular formula is C4H6F2N2O2S. The van der Waals surface area contributed by atoms with Crippen LogP contribution in [0.4, 0.5) is 7.77 Å². The Balaban J connectivity index is 0.000000218. The lowest BCUT2D eigenvalue weighted by Gasteiger charge is -1.85. The minimum absolute atomic E-state index is 0.556. The molecule has 0 saturated carbocycles. The Kier molecular flexibility index (Phi) is 5.26. The van der Waals surface area contributed by atoms with Gasteiger partial charge >= 0.3 is 11.6 Å². The first-order valence-corrected chi connectivity index (χ1v) is 3.39. The normalized spacial score (nSPS) is 8.73. The molecule has 0 aliphatic heterocycles. The van der Waals surface area contributed by atoms with E-state index in [4.69, 9.17) is 4.21 Å². The van der Waals surface area contributed by atoms with Crippen molar-refractivity contribution in [2.24, 2.45) is 0 Å². The van der Waals surface area contributed by atoms with Gasteiger partial charge in [-0.1, -0.05) is 7.77 Å². The van der Waals surface area contributed by atoms with E-state index >= 15 is 0 Å². The predicted molar refractivity (Wildman–Crippen MR) is 35.5 cm³/mol. The Labute approximate surface area is 64.6 Å². The lowest BCUT2D eigenvalue weighted by atomic mass is 11.0. The summed E-state index contributed by atoms with van der Waals surface area (Å²) in [6, 6.07) is 0.556. The van der Waals surface area contributed by atoms with Crippen LogP contribution in [0.5, 0.6) is 6.01 Å². The van der Waals surface area contributed by atoms with E-state index in [9.17, 15) is 7.77 Å². The molecule has 0 aliphatic carbocycles. The summed E-state index contributed by atoms with van der Waals surface area (Å²) in [6.45, 7) is 0. The number of hydrogen-bond donors (Lipinski definition) is 1. The average Bonchev–Trinajstić information content (AvgIpc) is 2.36. The number of rotatable bonds is 1. The van der Waals surface area contributed by atoms with Gasteiger partial charge in [-0.25, -0.2) is 4.98 Å². The summed E-state index contributed by atoms with van der Waals surface area (Å²) in [4.78, 5) is 6.51. The fourth-order valence-corrected chi connectivity index (χ4v) is 0.362. The first kappa shape index (κ1) is 10.0. The van der Waals surface area contributed by atoms with E-state index in [1.807, 2.05) is 0 Å². The molecule has 1 heterocycles. The summed E-state index contributed by atoms with van der Waals surface area (Å²) >= 11 is -3.61. The van der Waals surface area contributed by atoms with Gasteiger partial charge in [-0.15, -0.1) is 0 Å². The van der Waals surface area contributed by atoms with E-state index in [1.54, 1.807) is 19.5 Å². The second-order valence-corrected chi connectivity index (χ2v) is 1.65. The zero-order chi connectivity index (χ0) is 8.69. The Morgan fingerprint density at radius 1 is 1.73 bits per heavy atom. The van der Waals surface area contributed by atoms with Crippen molar-refractivity contribution >= 4 is 11.6 Å². The van der Waals surface area contributed by atoms with Gasteiger partial charge in [0.1, 0.15) is 0 Å². The maximum absolute atomic E-state index is 9.81. The summed E-state index contributed by atoms with van der Waals surface area (Å²) < 4.78 is 32.5. The Hall–Kier alpha value is -0.980. The standard InChI is InChI=1S/C4H6N2O.F2OS/c1-7-4-5-2-3-6-4;1-4(2)3/h2-3H,1H3,(H,5,6);. The second-order valence-electron chi connectivity index (χ2n) is 1.28. The molecule has 0 amide bonds. The van der Waals surface area contributed by atoms with Gasteiger partial charge in [0.2, 0.25) is 0 Å². The molecule has 0 spiro atoms. The van der Waals surface area contributed by atoms with Crippen LogP contribution in [0.25, 0.3) is 0 Å². The highest BCUT2D eigenvalue weighted by Gasteiger charge is 1.83. The number of hydrogen-bond acceptors (Lipinski definition) is 3. The fraction of sp³-hybridized carbons (Fsp3) is 0.250. The van der Waals surface area contributed by atoms with Crippen molar-refractivity contribution in [3.63, 3.8) is 0 Å². The van der Waals surface area contributed by atoms with Gasteiger partial charge in [-0.2, -0.15) is 4.21 Å². The number of ether oxygens (including phenoxy) is 1. The highest BCUT2D eigenvalue weighted by Crippen LogP contribution is 1.93. The van der Waals surface area contributed by atoms with Crippen LogP contribution in [0, 0.1) is 0 Å². The maximum atomic E-state index is 9.81. The number of H-pyrrole nitrogens is 1. The van der Waals surface area contributed by atoms with Crippen LogP contribution in [-0.2, 0) is 11.6 Å². The molecule has 0 radical (unpaired) electrons. The largest absolute Gasteiger partial charge is 0.468 e. The lowest BCUT2D eigenvalue weighted by molar-refractivity contribution is 0.384. The summed E-state index contributed by atoms with van der Waals surface area (Å²) in [6.07, 6.45) is 3.34. The Morgan fingerprint density at radius 3 is 2.45 bits per heavy atom. The van der Waals surface area contributed by atoms with Gasteiger partial charge < -0.3 is 9.72 Å². The lowest BCUT2D eigenvalue weighted by Crippen LogP contribution is -1.81. The van der Waals surface area contributed by atoms with Crippen LogP contribution in [0.1, 0.15) is 0 Å². The van der Waals surface area contributed by atoms with Crippen LogP contribution in [0.3, 0.4) is 0 Å². The number of nitrogens with one attached hydrogen (secondary N) is 1. The van der Waals surface area contributed by atoms with Crippen molar-refractivity contribution < 1.29 is 16.7 Å². The van der Waals surface area contributed by atoms with Crippen molar-refractivity contribution in [2.45, 2.75) is 0 Å². The third kappa shape index (κ3) is 6.91. The first-order chi connectivity index (χ1) is 5.16. The molecule has 0 aliphatic rings. The molecular weight excluding hydrogens is 178 g/mol. The molecule has 64 valence electrons. The third-order valence-electron chi connectivity index (χ3n) is 0.666. The van der Waals surface area contributed by atoms with E-state index < -0.39 is 11.6 Å². The minimum atomic E-state index is -3.61. The number of imidazole rings is 1. The van der Waals surface area contributed by atoms with Gasteiger partial charge in [0, 0.05) is 12.4 Å². The van der Waals surface area contributed by atoms with E-state index in [-0.39, 0.29) is 0 Å². The fourth-order valence-electron chi connectivity index (χ4n) is 0.362. The minimum Gasteiger partial charge on any atom is -0.468 e. The summed E-state index contributed by atoms with van der Waals surface area (Å²) in [7, 11) is 1.57. The zero-order valence-electron chi connectivity index (χ0n) is 5.58. The summed E-state index contributed by atoms with van der Waals surface area (Å²) in [5, 5.41) is 0. The van der Waals surface area contributed by atoms with Crippen LogP contribution in [0.2, 0.25) is 0 Å². The average molecular weight is 184 g/mol. The molecule has 0 aromatic carbocycles. The van der Waals surface area contributed by atoms with Crippen molar-refractivity contribution in [1.29, 1.82) is 0 Å². The van der Waals surface area contributed by atoms with Gasteiger partial charge in [-0.05, 0) is 0 Å². The second kappa shape index (κ2) is 5.78. The first-order valence-electron chi connectivity index (χ1n) is 2.44. The predicted octanol–water partition coefficient (Wildman–Crippen LogP) is 0.922. The summed E-state index contributed by atoms with van der Waals surface area (Å²) in [5.74, 6) is 0. The highest BCUT2D eigenvalue weighted by molar-refractivity contribution is 7.74. The smallest absolute Gasteiger partial charge is 0.385 e. The van der Waals surface area contributed by atoms with Crippen LogP contribution in [-0.4, -0.2) is 21.3 Å². The number of methoxy groups -OCH3 is 1. The quantitative estimate of drug-likeness (QED) is 0.660. The van der Waals surface area contributed by atoms with E-state index in [2.05, 4.69) is 14.7 Å². The van der Waals surface area contributed by atoms with Crippen molar-refractivity contribution in [3.8, 4) is 6.01 Å². The monoisotopic (exact) mass is 184 g/mol. The van der Waals surface area contributed by atoms with Gasteiger partial charge in [0.25, 0.3) is 6.01 Å². The molecule has 11 heavy (non-hydrogen) atoms. The molecule has 1 rings (SSSR count). The third-order valence-corrected chi connectivity index (χ3v) is 0.666. The van der Waals surface area contributed by atoms with Crippen LogP contribution in [0.15, 0.2) is 12.4 Å². The topological polar surface area (TPSA) is 55.0 Å². The number of aromatic amines is 1. The van der Waals surface area contributed by atoms with Crippen molar-refractivity contribution in [3.05, 3.63) is 12.4 Å². The van der Waals surface area contributed by atoms with Crippen LogP contribution >= 0.6 is 0 Å². The number of nitrogens with zero attached hydrogens (tertiary/aromatic N) is 1. The molecule has 1 N–H and O–H groups in total. The molecule has 0 atom stereocenters. The SMILES string of the molecule is COc1ncc[nH]1.O=S(F)F. The van der Waals surface area contributed by atoms with Crippen molar-refractivity contribution in [2.75, 3.05) is 7.11 Å². The Morgan fingerprint density at radius 2 is 2.27 bits per heavy atom. The van der Waals surface area contributed by atoms with Crippen LogP contribution < -0.4 is 4.74 Å². The molecule has 0 unspecified atom stereocenters. The molecule has 4 nitrogen and oxygen atoms in total. The molecule has 0 saturated heterocycles. The molecule has 1 aromatic heterocycles. The summed E-state index contributed by atoms with van der Waals surface area (Å²) in [5.41, 5.74) is 0.